The van der Waals surface area contributed by atoms with Gasteiger partial charge in [0.25, 0.3) is 5.56 Å². The number of hydrazine groups is 1. The third-order valence-corrected chi connectivity index (χ3v) is 2.65. The van der Waals surface area contributed by atoms with Crippen LogP contribution in [-0.4, -0.2) is 21.0 Å². The minimum Gasteiger partial charge on any atom is -0.338 e. The summed E-state index contributed by atoms with van der Waals surface area (Å²) in [5.74, 6) is -0.268. The van der Waals surface area contributed by atoms with Crippen LogP contribution in [0.25, 0.3) is 17.1 Å². The van der Waals surface area contributed by atoms with Crippen molar-refractivity contribution in [2.45, 2.75) is 6.92 Å². The molecule has 8 heteroatoms. The van der Waals surface area contributed by atoms with Crippen molar-refractivity contribution >= 4 is 40.3 Å². The van der Waals surface area contributed by atoms with Gasteiger partial charge < -0.3 is 10.3 Å². The molecule has 0 spiro atoms. The van der Waals surface area contributed by atoms with Crippen LogP contribution in [0.1, 0.15) is 12.6 Å². The quantitative estimate of drug-likeness (QED) is 0.474. The van der Waals surface area contributed by atoms with Crippen LogP contribution in [0.4, 0.5) is 0 Å². The van der Waals surface area contributed by atoms with E-state index in [2.05, 4.69) is 26.1 Å². The minimum absolute atomic E-state index is 0.193. The largest absolute Gasteiger partial charge is 0.338 e. The lowest BCUT2D eigenvalue weighted by molar-refractivity contribution is -0.119. The van der Waals surface area contributed by atoms with Gasteiger partial charge in [-0.1, -0.05) is 12.1 Å². The predicted octanol–water partition coefficient (Wildman–Crippen LogP) is 0.409. The van der Waals surface area contributed by atoms with Crippen molar-refractivity contribution in [1.82, 2.24) is 26.1 Å². The van der Waals surface area contributed by atoms with Crippen LogP contribution in [-0.2, 0) is 4.79 Å². The molecule has 1 aromatic heterocycles. The van der Waals surface area contributed by atoms with Gasteiger partial charge >= 0.3 is 0 Å². The van der Waals surface area contributed by atoms with Crippen LogP contribution in [0.15, 0.2) is 35.3 Å². The maximum Gasteiger partial charge on any atom is 0.274 e. The normalized spacial score (nSPS) is 10.5. The number of thiocarbonyl (C=S) groups is 1. The summed E-state index contributed by atoms with van der Waals surface area (Å²) in [6, 6.07) is 7.25. The molecule has 1 aromatic carbocycles. The van der Waals surface area contributed by atoms with E-state index in [4.69, 9.17) is 12.2 Å². The molecular weight excluding hydrogens is 290 g/mol. The Bertz CT molecular complexity index is 768. The summed E-state index contributed by atoms with van der Waals surface area (Å²) in [7, 11) is 0. The van der Waals surface area contributed by atoms with Gasteiger partial charge in [0.2, 0.25) is 5.91 Å². The van der Waals surface area contributed by atoms with Gasteiger partial charge in [0.15, 0.2) is 5.11 Å². The first-order valence-electron chi connectivity index (χ1n) is 6.05. The third kappa shape index (κ3) is 4.11. The molecule has 0 aliphatic carbocycles. The van der Waals surface area contributed by atoms with Gasteiger partial charge in [-0.25, -0.2) is 4.98 Å². The first kappa shape index (κ1) is 14.7. The van der Waals surface area contributed by atoms with Gasteiger partial charge in [-0.05, 0) is 30.4 Å². The van der Waals surface area contributed by atoms with Crippen molar-refractivity contribution in [3.05, 3.63) is 46.5 Å². The standard InChI is InChI=1S/C13H13N5O2S/c1-8(19)17-18-13(21)14-7-6-11-12(20)16-10-5-3-2-4-9(10)15-11/h2-7H,1H3,(H,16,20)(H,17,19)(H2,14,18,21)/b7-6-. The summed E-state index contributed by atoms with van der Waals surface area (Å²) in [6.45, 7) is 1.35. The van der Waals surface area contributed by atoms with E-state index in [1.807, 2.05) is 12.1 Å². The first-order chi connectivity index (χ1) is 10.1. The molecule has 0 aliphatic rings. The SMILES string of the molecule is CC(=O)NNC(=S)N/C=C\c1nc2ccccc2[nH]c1=O. The van der Waals surface area contributed by atoms with Gasteiger partial charge in [-0.2, -0.15) is 0 Å². The highest BCUT2D eigenvalue weighted by Gasteiger charge is 2.00. The predicted molar refractivity (Wildman–Crippen MR) is 84.1 cm³/mol. The number of hydrogen-bond acceptors (Lipinski definition) is 4. The lowest BCUT2D eigenvalue weighted by Crippen LogP contribution is -2.44. The number of carbonyl (C=O) groups excluding carboxylic acids is 1. The Morgan fingerprint density at radius 2 is 2.10 bits per heavy atom. The molecule has 0 saturated carbocycles. The Balaban J connectivity index is 2.07. The molecule has 108 valence electrons. The molecule has 0 radical (unpaired) electrons. The maximum atomic E-state index is 11.8. The molecule has 0 bridgehead atoms. The summed E-state index contributed by atoms with van der Waals surface area (Å²) in [5.41, 5.74) is 6.12. The number of nitrogens with one attached hydrogen (secondary N) is 4. The van der Waals surface area contributed by atoms with Crippen molar-refractivity contribution in [3.8, 4) is 0 Å². The molecule has 1 heterocycles. The lowest BCUT2D eigenvalue weighted by Gasteiger charge is -2.06. The highest BCUT2D eigenvalue weighted by molar-refractivity contribution is 7.80. The van der Waals surface area contributed by atoms with Crippen molar-refractivity contribution in [2.75, 3.05) is 0 Å². The molecule has 0 unspecified atom stereocenters. The minimum atomic E-state index is -0.299. The molecule has 0 aliphatic heterocycles. The number of amides is 1. The molecule has 2 aromatic rings. The molecule has 0 fully saturated rings. The number of nitrogens with zero attached hydrogens (tertiary/aromatic N) is 1. The molecule has 7 nitrogen and oxygen atoms in total. The number of carbonyl (C=O) groups is 1. The fourth-order valence-electron chi connectivity index (χ4n) is 1.53. The van der Waals surface area contributed by atoms with E-state index in [1.54, 1.807) is 12.1 Å². The Hall–Kier alpha value is -2.74. The van der Waals surface area contributed by atoms with E-state index >= 15 is 0 Å². The molecule has 21 heavy (non-hydrogen) atoms. The van der Waals surface area contributed by atoms with Crippen LogP contribution >= 0.6 is 12.2 Å². The van der Waals surface area contributed by atoms with Gasteiger partial charge in [-0.3, -0.25) is 20.4 Å². The lowest BCUT2D eigenvalue weighted by atomic mass is 10.3. The smallest absolute Gasteiger partial charge is 0.274 e. The summed E-state index contributed by atoms with van der Waals surface area (Å²) < 4.78 is 0. The van der Waals surface area contributed by atoms with E-state index in [0.29, 0.717) is 11.0 Å². The summed E-state index contributed by atoms with van der Waals surface area (Å²) in [6.07, 6.45) is 2.95. The number of aromatic amines is 1. The van der Waals surface area contributed by atoms with Crippen molar-refractivity contribution in [1.29, 1.82) is 0 Å². The van der Waals surface area contributed by atoms with Crippen LogP contribution < -0.4 is 21.7 Å². The molecule has 1 amide bonds. The fraction of sp³-hybridized carbons (Fsp3) is 0.0769. The van der Waals surface area contributed by atoms with E-state index in [-0.39, 0.29) is 22.3 Å². The van der Waals surface area contributed by atoms with Gasteiger partial charge in [0.1, 0.15) is 5.69 Å². The van der Waals surface area contributed by atoms with Crippen LogP contribution in [0, 0.1) is 0 Å². The topological polar surface area (TPSA) is 98.9 Å². The molecule has 4 N–H and O–H groups in total. The highest BCUT2D eigenvalue weighted by Crippen LogP contribution is 2.06. The Kier molecular flexibility index (Phi) is 4.62. The second-order valence-electron chi connectivity index (χ2n) is 4.08. The number of benzene rings is 1. The number of fused-ring (bicyclic) bond motifs is 1. The van der Waals surface area contributed by atoms with Crippen molar-refractivity contribution < 1.29 is 4.79 Å². The Labute approximate surface area is 125 Å². The Morgan fingerprint density at radius 1 is 1.33 bits per heavy atom. The van der Waals surface area contributed by atoms with E-state index < -0.39 is 0 Å². The summed E-state index contributed by atoms with van der Waals surface area (Å²) >= 11 is 4.90. The molecule has 0 atom stereocenters. The number of H-pyrrole nitrogens is 1. The second-order valence-corrected chi connectivity index (χ2v) is 4.49. The van der Waals surface area contributed by atoms with E-state index in [0.717, 1.165) is 0 Å². The van der Waals surface area contributed by atoms with Crippen LogP contribution in [0.2, 0.25) is 0 Å². The zero-order chi connectivity index (χ0) is 15.2. The van der Waals surface area contributed by atoms with Gasteiger partial charge in [0, 0.05) is 13.1 Å². The Morgan fingerprint density at radius 3 is 2.86 bits per heavy atom. The highest BCUT2D eigenvalue weighted by atomic mass is 32.1. The average Bonchev–Trinajstić information content (AvgIpc) is 2.45. The molecule has 2 rings (SSSR count). The number of rotatable bonds is 2. The van der Waals surface area contributed by atoms with Crippen LogP contribution in [0.5, 0.6) is 0 Å². The zero-order valence-electron chi connectivity index (χ0n) is 11.1. The van der Waals surface area contributed by atoms with Crippen LogP contribution in [0.3, 0.4) is 0 Å². The first-order valence-corrected chi connectivity index (χ1v) is 6.46. The van der Waals surface area contributed by atoms with Crippen molar-refractivity contribution in [2.24, 2.45) is 0 Å². The van der Waals surface area contributed by atoms with Gasteiger partial charge in [0.05, 0.1) is 11.0 Å². The van der Waals surface area contributed by atoms with E-state index in [1.165, 1.54) is 19.2 Å². The molecule has 0 saturated heterocycles. The fourth-order valence-corrected chi connectivity index (χ4v) is 1.65. The van der Waals surface area contributed by atoms with Gasteiger partial charge in [-0.15, -0.1) is 0 Å². The van der Waals surface area contributed by atoms with Crippen molar-refractivity contribution in [3.63, 3.8) is 0 Å². The summed E-state index contributed by atoms with van der Waals surface area (Å²) in [4.78, 5) is 29.5. The maximum absolute atomic E-state index is 11.8. The number of aromatic nitrogens is 2. The monoisotopic (exact) mass is 303 g/mol. The number of hydrogen-bond donors (Lipinski definition) is 4. The summed E-state index contributed by atoms with van der Waals surface area (Å²) in [5, 5.41) is 2.89. The third-order valence-electron chi connectivity index (χ3n) is 2.43. The van der Waals surface area contributed by atoms with E-state index in [9.17, 15) is 9.59 Å². The average molecular weight is 303 g/mol. The molecular formula is C13H13N5O2S. The number of para-hydroxylation sites is 2. The second kappa shape index (κ2) is 6.62. The zero-order valence-corrected chi connectivity index (χ0v) is 12.0.